The summed E-state index contributed by atoms with van der Waals surface area (Å²) in [5.41, 5.74) is 2.78. The number of hydrogen-bond donors (Lipinski definition) is 2. The van der Waals surface area contributed by atoms with Crippen LogP contribution in [0, 0.1) is 5.82 Å². The number of nitrogens with one attached hydrogen (secondary N) is 1. The number of phenolic OH excluding ortho intramolecular Hbond substituents is 1. The van der Waals surface area contributed by atoms with Crippen LogP contribution in [-0.2, 0) is 23.1 Å². The predicted molar refractivity (Wildman–Crippen MR) is 152 cm³/mol. The highest BCUT2D eigenvalue weighted by Gasteiger charge is 2.39. The molecule has 1 fully saturated rings. The van der Waals surface area contributed by atoms with Gasteiger partial charge in [0.15, 0.2) is 5.75 Å². The largest absolute Gasteiger partial charge is 0.505 e. The Kier molecular flexibility index (Phi) is 8.14. The highest BCUT2D eigenvalue weighted by molar-refractivity contribution is 7.89. The summed E-state index contributed by atoms with van der Waals surface area (Å²) in [5, 5.41) is 13.3. The van der Waals surface area contributed by atoms with Crippen LogP contribution in [0.15, 0.2) is 95.9 Å². The molecule has 0 heterocycles. The van der Waals surface area contributed by atoms with E-state index >= 15 is 0 Å². The molecular formula is C30H25Cl2FN2O4S. The van der Waals surface area contributed by atoms with Gasteiger partial charge < -0.3 is 10.4 Å². The molecule has 0 radical (unpaired) electrons. The number of carbonyl (C=O) groups excluding carboxylic acids is 1. The van der Waals surface area contributed by atoms with Crippen molar-refractivity contribution in [1.82, 2.24) is 9.62 Å². The molecule has 0 bridgehead atoms. The average Bonchev–Trinajstić information content (AvgIpc) is 3.71. The Morgan fingerprint density at radius 1 is 0.925 bits per heavy atom. The lowest BCUT2D eigenvalue weighted by Crippen LogP contribution is -2.30. The van der Waals surface area contributed by atoms with Gasteiger partial charge in [-0.2, -0.15) is 4.31 Å². The van der Waals surface area contributed by atoms with Gasteiger partial charge in [-0.05, 0) is 59.5 Å². The quantitative estimate of drug-likeness (QED) is 0.230. The minimum absolute atomic E-state index is 0.0450. The Labute approximate surface area is 242 Å². The molecule has 2 atom stereocenters. The van der Waals surface area contributed by atoms with Crippen LogP contribution in [0.4, 0.5) is 4.39 Å². The molecule has 0 aromatic heterocycles. The van der Waals surface area contributed by atoms with Crippen LogP contribution in [0.5, 0.6) is 5.75 Å². The van der Waals surface area contributed by atoms with Crippen molar-refractivity contribution in [3.8, 4) is 5.75 Å². The molecule has 1 saturated carbocycles. The summed E-state index contributed by atoms with van der Waals surface area (Å²) >= 11 is 12.0. The Hall–Kier alpha value is -3.43. The van der Waals surface area contributed by atoms with Gasteiger partial charge in [0.25, 0.3) is 5.91 Å². The van der Waals surface area contributed by atoms with Gasteiger partial charge in [0.05, 0.1) is 5.02 Å². The van der Waals surface area contributed by atoms with Crippen LogP contribution < -0.4 is 5.32 Å². The number of halogens is 3. The van der Waals surface area contributed by atoms with Gasteiger partial charge in [-0.25, -0.2) is 12.8 Å². The molecule has 2 unspecified atom stereocenters. The highest BCUT2D eigenvalue weighted by atomic mass is 35.5. The molecule has 10 heteroatoms. The van der Waals surface area contributed by atoms with Crippen molar-refractivity contribution in [3.05, 3.63) is 129 Å². The number of carbonyl (C=O) groups is 1. The highest BCUT2D eigenvalue weighted by Crippen LogP contribution is 2.41. The van der Waals surface area contributed by atoms with Gasteiger partial charge in [0.2, 0.25) is 10.0 Å². The van der Waals surface area contributed by atoms with Gasteiger partial charge >= 0.3 is 0 Å². The zero-order valence-corrected chi connectivity index (χ0v) is 23.4. The molecule has 1 aliphatic carbocycles. The molecule has 0 saturated heterocycles. The van der Waals surface area contributed by atoms with Crippen LogP contribution in [0.1, 0.15) is 39.4 Å². The Morgan fingerprint density at radius 3 is 2.15 bits per heavy atom. The molecule has 4 aromatic carbocycles. The number of sulfonamides is 1. The molecular weight excluding hydrogens is 574 g/mol. The van der Waals surface area contributed by atoms with E-state index in [-0.39, 0.29) is 35.1 Å². The number of benzene rings is 4. The van der Waals surface area contributed by atoms with E-state index in [1.807, 2.05) is 18.2 Å². The van der Waals surface area contributed by atoms with Gasteiger partial charge in [-0.3, -0.25) is 4.79 Å². The molecule has 0 aliphatic heterocycles. The van der Waals surface area contributed by atoms with Crippen molar-refractivity contribution >= 4 is 39.1 Å². The molecule has 2 N–H and O–H groups in total. The van der Waals surface area contributed by atoms with E-state index < -0.39 is 26.5 Å². The molecule has 5 rings (SSSR count). The third-order valence-electron chi connectivity index (χ3n) is 6.79. The van der Waals surface area contributed by atoms with Crippen molar-refractivity contribution in [2.75, 3.05) is 0 Å². The molecule has 40 heavy (non-hydrogen) atoms. The van der Waals surface area contributed by atoms with Crippen molar-refractivity contribution in [2.24, 2.45) is 0 Å². The van der Waals surface area contributed by atoms with Crippen LogP contribution in [0.25, 0.3) is 0 Å². The van der Waals surface area contributed by atoms with Crippen molar-refractivity contribution in [3.63, 3.8) is 0 Å². The van der Waals surface area contributed by atoms with E-state index in [0.717, 1.165) is 16.8 Å². The Bertz CT molecular complexity index is 1630. The van der Waals surface area contributed by atoms with E-state index in [2.05, 4.69) is 17.4 Å². The SMILES string of the molecule is O=C(NC1CC1c1ccccc1)c1ccc(CN(Cc2ccc(F)cc2)S(=O)(=O)c2cc(Cl)cc(Cl)c2O)cc1. The van der Waals surface area contributed by atoms with E-state index in [1.54, 1.807) is 24.3 Å². The van der Waals surface area contributed by atoms with Gasteiger partial charge in [-0.15, -0.1) is 0 Å². The van der Waals surface area contributed by atoms with Crippen molar-refractivity contribution < 1.29 is 22.7 Å². The second-order valence-corrected chi connectivity index (χ2v) is 12.4. The first-order chi connectivity index (χ1) is 19.1. The van der Waals surface area contributed by atoms with Crippen LogP contribution in [0.3, 0.4) is 0 Å². The van der Waals surface area contributed by atoms with Crippen LogP contribution in [0.2, 0.25) is 10.0 Å². The summed E-state index contributed by atoms with van der Waals surface area (Å²) in [4.78, 5) is 12.4. The first-order valence-electron chi connectivity index (χ1n) is 12.5. The summed E-state index contributed by atoms with van der Waals surface area (Å²) in [6.07, 6.45) is 0.879. The number of aromatic hydroxyl groups is 1. The molecule has 1 aliphatic rings. The lowest BCUT2D eigenvalue weighted by atomic mass is 10.1. The zero-order chi connectivity index (χ0) is 28.4. The minimum atomic E-state index is -4.31. The number of rotatable bonds is 9. The smallest absolute Gasteiger partial charge is 0.251 e. The summed E-state index contributed by atoms with van der Waals surface area (Å²) in [6, 6.07) is 24.5. The summed E-state index contributed by atoms with van der Waals surface area (Å²) in [5.74, 6) is -0.973. The number of amides is 1. The second-order valence-electron chi connectivity index (χ2n) is 9.66. The van der Waals surface area contributed by atoms with Gasteiger partial charge in [-0.1, -0.05) is 77.8 Å². The topological polar surface area (TPSA) is 86.7 Å². The number of hydrogen-bond acceptors (Lipinski definition) is 4. The van der Waals surface area contributed by atoms with Crippen molar-refractivity contribution in [1.29, 1.82) is 0 Å². The number of nitrogens with zero attached hydrogens (tertiary/aromatic N) is 1. The first kappa shape index (κ1) is 28.1. The standard InChI is InChI=1S/C30H25Cl2FN2O4S/c31-23-14-26(32)29(36)28(15-23)40(38,39)35(18-20-8-12-24(33)13-9-20)17-19-6-10-22(11-7-19)30(37)34-27-16-25(27)21-4-2-1-3-5-21/h1-15,25,27,36H,16-18H2,(H,34,37). The average molecular weight is 600 g/mol. The fourth-order valence-electron chi connectivity index (χ4n) is 4.54. The number of phenols is 1. The van der Waals surface area contributed by atoms with Crippen LogP contribution in [-0.4, -0.2) is 29.8 Å². The fraction of sp³-hybridized carbons (Fsp3) is 0.167. The van der Waals surface area contributed by atoms with E-state index in [1.165, 1.54) is 35.9 Å². The summed E-state index contributed by atoms with van der Waals surface area (Å²) in [7, 11) is -4.31. The summed E-state index contributed by atoms with van der Waals surface area (Å²) in [6.45, 7) is -0.207. The Morgan fingerprint density at radius 2 is 1.52 bits per heavy atom. The molecule has 0 spiro atoms. The Balaban J connectivity index is 1.35. The molecule has 1 amide bonds. The third kappa shape index (κ3) is 6.31. The maximum atomic E-state index is 13.7. The van der Waals surface area contributed by atoms with Gasteiger partial charge in [0, 0.05) is 35.6 Å². The maximum absolute atomic E-state index is 13.7. The lowest BCUT2D eigenvalue weighted by molar-refractivity contribution is 0.0950. The molecule has 6 nitrogen and oxygen atoms in total. The van der Waals surface area contributed by atoms with E-state index in [9.17, 15) is 22.7 Å². The zero-order valence-electron chi connectivity index (χ0n) is 21.1. The monoisotopic (exact) mass is 598 g/mol. The van der Waals surface area contributed by atoms with E-state index in [4.69, 9.17) is 23.2 Å². The lowest BCUT2D eigenvalue weighted by Gasteiger charge is -2.23. The van der Waals surface area contributed by atoms with Gasteiger partial charge in [0.1, 0.15) is 10.7 Å². The maximum Gasteiger partial charge on any atom is 0.251 e. The second kappa shape index (κ2) is 11.6. The fourth-order valence-corrected chi connectivity index (χ4v) is 6.70. The summed E-state index contributed by atoms with van der Waals surface area (Å²) < 4.78 is 42.0. The molecule has 206 valence electrons. The van der Waals surface area contributed by atoms with Crippen molar-refractivity contribution in [2.45, 2.75) is 36.4 Å². The third-order valence-corrected chi connectivity index (χ3v) is 9.10. The predicted octanol–water partition coefficient (Wildman–Crippen LogP) is 6.52. The normalized spacial score (nSPS) is 16.6. The van der Waals surface area contributed by atoms with Crippen LogP contribution >= 0.6 is 23.2 Å². The van der Waals surface area contributed by atoms with E-state index in [0.29, 0.717) is 22.6 Å². The first-order valence-corrected chi connectivity index (χ1v) is 14.7. The molecule has 4 aromatic rings. The minimum Gasteiger partial charge on any atom is -0.505 e.